The minimum absolute atomic E-state index is 0.561. The van der Waals surface area contributed by atoms with E-state index in [0.717, 1.165) is 13.1 Å². The van der Waals surface area contributed by atoms with Crippen LogP contribution in [0, 0.1) is 0 Å². The second-order valence-electron chi connectivity index (χ2n) is 2.88. The standard InChI is InChI=1S/C8H15N3/c1-8(2)9-5-7-11-6-3-4-10-11/h3-4,6,8-9H,5,7H2,1-2H3. The Morgan fingerprint density at radius 1 is 1.55 bits per heavy atom. The van der Waals surface area contributed by atoms with Crippen molar-refractivity contribution in [3.8, 4) is 0 Å². The van der Waals surface area contributed by atoms with Gasteiger partial charge in [0.2, 0.25) is 0 Å². The van der Waals surface area contributed by atoms with Gasteiger partial charge in [0.25, 0.3) is 0 Å². The van der Waals surface area contributed by atoms with Gasteiger partial charge >= 0.3 is 0 Å². The number of rotatable bonds is 4. The lowest BCUT2D eigenvalue weighted by molar-refractivity contribution is 0.515. The van der Waals surface area contributed by atoms with Crippen molar-refractivity contribution in [3.05, 3.63) is 18.5 Å². The second-order valence-corrected chi connectivity index (χ2v) is 2.88. The largest absolute Gasteiger partial charge is 0.313 e. The molecular weight excluding hydrogens is 138 g/mol. The fourth-order valence-corrected chi connectivity index (χ4v) is 0.900. The van der Waals surface area contributed by atoms with Gasteiger partial charge in [0.15, 0.2) is 0 Å². The quantitative estimate of drug-likeness (QED) is 0.696. The summed E-state index contributed by atoms with van der Waals surface area (Å²) in [5, 5.41) is 7.41. The maximum atomic E-state index is 4.09. The van der Waals surface area contributed by atoms with Crippen LogP contribution in [0.4, 0.5) is 0 Å². The third-order valence-corrected chi connectivity index (χ3v) is 1.45. The molecule has 62 valence electrons. The summed E-state index contributed by atoms with van der Waals surface area (Å²) < 4.78 is 1.93. The lowest BCUT2D eigenvalue weighted by Gasteiger charge is -2.07. The molecule has 1 heterocycles. The van der Waals surface area contributed by atoms with Crippen LogP contribution >= 0.6 is 0 Å². The van der Waals surface area contributed by atoms with Gasteiger partial charge in [-0.15, -0.1) is 0 Å². The summed E-state index contributed by atoms with van der Waals surface area (Å²) in [6, 6.07) is 2.50. The van der Waals surface area contributed by atoms with Crippen molar-refractivity contribution in [2.24, 2.45) is 0 Å². The van der Waals surface area contributed by atoms with Crippen LogP contribution in [-0.4, -0.2) is 22.4 Å². The average molecular weight is 153 g/mol. The third kappa shape index (κ3) is 3.18. The maximum Gasteiger partial charge on any atom is 0.0534 e. The van der Waals surface area contributed by atoms with Crippen LogP contribution in [0.3, 0.4) is 0 Å². The predicted octanol–water partition coefficient (Wildman–Crippen LogP) is 0.881. The molecule has 1 aromatic rings. The highest BCUT2D eigenvalue weighted by atomic mass is 15.3. The fourth-order valence-electron chi connectivity index (χ4n) is 0.900. The van der Waals surface area contributed by atoms with Crippen LogP contribution in [-0.2, 0) is 6.54 Å². The summed E-state index contributed by atoms with van der Waals surface area (Å²) in [5.41, 5.74) is 0. The zero-order valence-corrected chi connectivity index (χ0v) is 7.12. The van der Waals surface area contributed by atoms with E-state index in [9.17, 15) is 0 Å². The van der Waals surface area contributed by atoms with Gasteiger partial charge in [-0.25, -0.2) is 0 Å². The van der Waals surface area contributed by atoms with E-state index >= 15 is 0 Å². The first-order valence-corrected chi connectivity index (χ1v) is 4.00. The van der Waals surface area contributed by atoms with Gasteiger partial charge in [-0.05, 0) is 6.07 Å². The van der Waals surface area contributed by atoms with Gasteiger partial charge < -0.3 is 5.32 Å². The first-order chi connectivity index (χ1) is 5.29. The normalized spacial score (nSPS) is 10.8. The SMILES string of the molecule is CC(C)NCCn1cccn1. The first kappa shape index (κ1) is 8.27. The molecule has 0 radical (unpaired) electrons. The molecule has 0 bridgehead atoms. The molecular formula is C8H15N3. The van der Waals surface area contributed by atoms with Crippen LogP contribution in [0.2, 0.25) is 0 Å². The van der Waals surface area contributed by atoms with E-state index in [0.29, 0.717) is 6.04 Å². The topological polar surface area (TPSA) is 29.9 Å². The molecule has 1 N–H and O–H groups in total. The highest BCUT2D eigenvalue weighted by Crippen LogP contribution is 1.83. The van der Waals surface area contributed by atoms with Crippen molar-refractivity contribution in [2.75, 3.05) is 6.54 Å². The Balaban J connectivity index is 2.14. The smallest absolute Gasteiger partial charge is 0.0534 e. The summed E-state index contributed by atoms with van der Waals surface area (Å²) in [6.07, 6.45) is 3.78. The molecule has 0 unspecified atom stereocenters. The molecule has 0 amide bonds. The van der Waals surface area contributed by atoms with E-state index in [4.69, 9.17) is 0 Å². The van der Waals surface area contributed by atoms with E-state index in [1.54, 1.807) is 6.20 Å². The molecule has 3 heteroatoms. The van der Waals surface area contributed by atoms with Crippen LogP contribution < -0.4 is 5.32 Å². The van der Waals surface area contributed by atoms with Crippen LogP contribution in [0.5, 0.6) is 0 Å². The molecule has 0 aromatic carbocycles. The lowest BCUT2D eigenvalue weighted by Crippen LogP contribution is -2.26. The number of nitrogens with one attached hydrogen (secondary N) is 1. The van der Waals surface area contributed by atoms with Gasteiger partial charge in [0.1, 0.15) is 0 Å². The Morgan fingerprint density at radius 2 is 2.36 bits per heavy atom. The highest BCUT2D eigenvalue weighted by molar-refractivity contribution is 4.77. The van der Waals surface area contributed by atoms with Crippen molar-refractivity contribution < 1.29 is 0 Å². The number of hydrogen-bond donors (Lipinski definition) is 1. The predicted molar refractivity (Wildman–Crippen MR) is 45.4 cm³/mol. The Labute approximate surface area is 67.4 Å². The van der Waals surface area contributed by atoms with Gasteiger partial charge in [-0.2, -0.15) is 5.10 Å². The van der Waals surface area contributed by atoms with Crippen molar-refractivity contribution in [1.29, 1.82) is 0 Å². The first-order valence-electron chi connectivity index (χ1n) is 4.00. The lowest BCUT2D eigenvalue weighted by atomic mass is 10.4. The van der Waals surface area contributed by atoms with E-state index < -0.39 is 0 Å². The molecule has 11 heavy (non-hydrogen) atoms. The van der Waals surface area contributed by atoms with E-state index in [2.05, 4.69) is 24.3 Å². The molecule has 0 spiro atoms. The number of hydrogen-bond acceptors (Lipinski definition) is 2. The average Bonchev–Trinajstić information content (AvgIpc) is 2.39. The summed E-state index contributed by atoms with van der Waals surface area (Å²) in [6.45, 7) is 6.22. The Hall–Kier alpha value is -0.830. The van der Waals surface area contributed by atoms with Gasteiger partial charge in [-0.1, -0.05) is 13.8 Å². The number of aromatic nitrogens is 2. The Morgan fingerprint density at radius 3 is 2.91 bits per heavy atom. The molecule has 0 aliphatic rings. The van der Waals surface area contributed by atoms with E-state index in [-0.39, 0.29) is 0 Å². The van der Waals surface area contributed by atoms with Crippen molar-refractivity contribution in [1.82, 2.24) is 15.1 Å². The molecule has 3 nitrogen and oxygen atoms in total. The van der Waals surface area contributed by atoms with Gasteiger partial charge in [0.05, 0.1) is 6.54 Å². The maximum absolute atomic E-state index is 4.09. The molecule has 1 aromatic heterocycles. The molecule has 0 atom stereocenters. The fraction of sp³-hybridized carbons (Fsp3) is 0.625. The molecule has 0 aliphatic heterocycles. The second kappa shape index (κ2) is 4.13. The third-order valence-electron chi connectivity index (χ3n) is 1.45. The van der Waals surface area contributed by atoms with E-state index in [1.807, 2.05) is 16.9 Å². The summed E-state index contributed by atoms with van der Waals surface area (Å²) in [5.74, 6) is 0. The summed E-state index contributed by atoms with van der Waals surface area (Å²) in [7, 11) is 0. The molecule has 0 fully saturated rings. The van der Waals surface area contributed by atoms with Gasteiger partial charge in [0, 0.05) is 25.0 Å². The Kier molecular flexibility index (Phi) is 3.11. The van der Waals surface area contributed by atoms with Crippen molar-refractivity contribution in [2.45, 2.75) is 26.4 Å². The molecule has 0 saturated carbocycles. The van der Waals surface area contributed by atoms with Crippen LogP contribution in [0.1, 0.15) is 13.8 Å². The highest BCUT2D eigenvalue weighted by Gasteiger charge is 1.91. The molecule has 0 aliphatic carbocycles. The van der Waals surface area contributed by atoms with E-state index in [1.165, 1.54) is 0 Å². The van der Waals surface area contributed by atoms with Crippen molar-refractivity contribution in [3.63, 3.8) is 0 Å². The zero-order valence-electron chi connectivity index (χ0n) is 7.12. The zero-order chi connectivity index (χ0) is 8.10. The monoisotopic (exact) mass is 153 g/mol. The molecule has 1 rings (SSSR count). The number of nitrogens with zero attached hydrogens (tertiary/aromatic N) is 2. The molecule has 0 saturated heterocycles. The summed E-state index contributed by atoms with van der Waals surface area (Å²) >= 11 is 0. The van der Waals surface area contributed by atoms with Crippen molar-refractivity contribution >= 4 is 0 Å². The van der Waals surface area contributed by atoms with Crippen LogP contribution in [0.15, 0.2) is 18.5 Å². The van der Waals surface area contributed by atoms with Gasteiger partial charge in [-0.3, -0.25) is 4.68 Å². The summed E-state index contributed by atoms with van der Waals surface area (Å²) in [4.78, 5) is 0. The Bertz CT molecular complexity index is 179. The minimum atomic E-state index is 0.561. The minimum Gasteiger partial charge on any atom is -0.313 e. The van der Waals surface area contributed by atoms with Crippen LogP contribution in [0.25, 0.3) is 0 Å².